The molecule has 3 N–H and O–H groups in total. The third-order valence-corrected chi connectivity index (χ3v) is 3.12. The van der Waals surface area contributed by atoms with E-state index < -0.39 is 0 Å². The summed E-state index contributed by atoms with van der Waals surface area (Å²) in [5.74, 6) is 1.39. The van der Waals surface area contributed by atoms with Gasteiger partial charge in [-0.05, 0) is 43.0 Å². The first kappa shape index (κ1) is 15.5. The molecule has 1 aromatic rings. The third kappa shape index (κ3) is 6.25. The Labute approximate surface area is 115 Å². The first-order chi connectivity index (χ1) is 9.15. The number of hydrogen-bond donors (Lipinski definition) is 2. The molecule has 1 rings (SSSR count). The largest absolute Gasteiger partial charge is 0.497 e. The van der Waals surface area contributed by atoms with Crippen molar-refractivity contribution >= 4 is 5.91 Å². The van der Waals surface area contributed by atoms with Crippen LogP contribution in [0.25, 0.3) is 0 Å². The summed E-state index contributed by atoms with van der Waals surface area (Å²) in [5, 5.41) is 2.93. The highest BCUT2D eigenvalue weighted by atomic mass is 16.5. The Morgan fingerprint density at radius 1 is 1.37 bits per heavy atom. The van der Waals surface area contributed by atoms with E-state index in [0.717, 1.165) is 30.7 Å². The maximum absolute atomic E-state index is 11.7. The van der Waals surface area contributed by atoms with Crippen molar-refractivity contribution < 1.29 is 9.53 Å². The number of carbonyl (C=O) groups excluding carboxylic acids is 1. The van der Waals surface area contributed by atoms with Crippen LogP contribution in [0.15, 0.2) is 24.3 Å². The molecule has 0 aliphatic carbocycles. The smallest absolute Gasteiger partial charge is 0.224 e. The number of benzene rings is 1. The lowest BCUT2D eigenvalue weighted by molar-refractivity contribution is -0.120. The quantitative estimate of drug-likeness (QED) is 0.703. The number of amides is 1. The first-order valence-electron chi connectivity index (χ1n) is 6.75. The van der Waals surface area contributed by atoms with E-state index in [-0.39, 0.29) is 5.91 Å². The van der Waals surface area contributed by atoms with Crippen LogP contribution in [0.2, 0.25) is 0 Å². The van der Waals surface area contributed by atoms with Crippen molar-refractivity contribution in [3.8, 4) is 5.75 Å². The van der Waals surface area contributed by atoms with Gasteiger partial charge in [0.25, 0.3) is 0 Å². The molecule has 106 valence electrons. The Morgan fingerprint density at radius 3 is 2.63 bits per heavy atom. The summed E-state index contributed by atoms with van der Waals surface area (Å²) >= 11 is 0. The van der Waals surface area contributed by atoms with Gasteiger partial charge in [0.1, 0.15) is 5.75 Å². The molecule has 0 spiro atoms. The number of ether oxygens (including phenoxy) is 1. The Hall–Kier alpha value is -1.55. The lowest BCUT2D eigenvalue weighted by Gasteiger charge is -2.09. The van der Waals surface area contributed by atoms with E-state index in [9.17, 15) is 4.79 Å². The minimum Gasteiger partial charge on any atom is -0.497 e. The number of rotatable bonds is 8. The molecule has 4 nitrogen and oxygen atoms in total. The lowest BCUT2D eigenvalue weighted by Crippen LogP contribution is -2.26. The van der Waals surface area contributed by atoms with Gasteiger partial charge in [-0.2, -0.15) is 0 Å². The molecule has 0 heterocycles. The van der Waals surface area contributed by atoms with E-state index in [0.29, 0.717) is 18.9 Å². The average Bonchev–Trinajstić information content (AvgIpc) is 2.44. The molecule has 0 radical (unpaired) electrons. The van der Waals surface area contributed by atoms with Crippen molar-refractivity contribution in [3.63, 3.8) is 0 Å². The summed E-state index contributed by atoms with van der Waals surface area (Å²) in [6, 6.07) is 7.56. The van der Waals surface area contributed by atoms with Crippen molar-refractivity contribution in [2.45, 2.75) is 26.2 Å². The highest BCUT2D eigenvalue weighted by Gasteiger charge is 2.04. The third-order valence-electron chi connectivity index (χ3n) is 3.12. The van der Waals surface area contributed by atoms with Crippen molar-refractivity contribution in [1.82, 2.24) is 5.32 Å². The maximum Gasteiger partial charge on any atom is 0.224 e. The number of nitrogens with two attached hydrogens (primary N) is 1. The fraction of sp³-hybridized carbons (Fsp3) is 0.533. The standard InChI is InChI=1S/C15H24N2O2/c1-12(11-16)4-3-9-17-15(18)10-13-5-7-14(19-2)8-6-13/h5-8,12H,3-4,9-11,16H2,1-2H3,(H,17,18). The molecule has 4 heteroatoms. The summed E-state index contributed by atoms with van der Waals surface area (Å²) in [5.41, 5.74) is 6.54. The highest BCUT2D eigenvalue weighted by Crippen LogP contribution is 2.11. The number of methoxy groups -OCH3 is 1. The van der Waals surface area contributed by atoms with Gasteiger partial charge in [-0.15, -0.1) is 0 Å². The molecule has 1 atom stereocenters. The van der Waals surface area contributed by atoms with Crippen molar-refractivity contribution in [2.75, 3.05) is 20.2 Å². The second kappa shape index (κ2) is 8.53. The molecule has 0 bridgehead atoms. The Morgan fingerprint density at radius 2 is 2.05 bits per heavy atom. The van der Waals surface area contributed by atoms with Crippen LogP contribution < -0.4 is 15.8 Å². The predicted molar refractivity (Wildman–Crippen MR) is 77.2 cm³/mol. The number of hydrogen-bond acceptors (Lipinski definition) is 3. The summed E-state index contributed by atoms with van der Waals surface area (Å²) in [6.45, 7) is 3.55. The number of nitrogens with one attached hydrogen (secondary N) is 1. The summed E-state index contributed by atoms with van der Waals surface area (Å²) < 4.78 is 5.08. The van der Waals surface area contributed by atoms with Gasteiger partial charge in [-0.1, -0.05) is 19.1 Å². The molecule has 1 unspecified atom stereocenters. The molecule has 0 aliphatic rings. The van der Waals surface area contributed by atoms with E-state index >= 15 is 0 Å². The Balaban J connectivity index is 2.23. The molecule has 0 aromatic heterocycles. The van der Waals surface area contributed by atoms with Crippen LogP contribution in [-0.2, 0) is 11.2 Å². The van der Waals surface area contributed by atoms with Crippen LogP contribution in [0.5, 0.6) is 5.75 Å². The fourth-order valence-corrected chi connectivity index (χ4v) is 1.79. The molecule has 19 heavy (non-hydrogen) atoms. The second-order valence-corrected chi connectivity index (χ2v) is 4.86. The zero-order valence-electron chi connectivity index (χ0n) is 11.8. The van der Waals surface area contributed by atoms with Gasteiger partial charge < -0.3 is 15.8 Å². The van der Waals surface area contributed by atoms with Gasteiger partial charge in [0.15, 0.2) is 0 Å². The number of carbonyl (C=O) groups is 1. The van der Waals surface area contributed by atoms with Gasteiger partial charge in [0, 0.05) is 6.54 Å². The van der Waals surface area contributed by atoms with Crippen LogP contribution >= 0.6 is 0 Å². The van der Waals surface area contributed by atoms with Crippen molar-refractivity contribution in [3.05, 3.63) is 29.8 Å². The van der Waals surface area contributed by atoms with Crippen LogP contribution in [0.3, 0.4) is 0 Å². The molecule has 0 fully saturated rings. The molecule has 0 saturated heterocycles. The molecule has 0 aliphatic heterocycles. The van der Waals surface area contributed by atoms with Crippen molar-refractivity contribution in [2.24, 2.45) is 11.7 Å². The Kier molecular flexibility index (Phi) is 6.97. The topological polar surface area (TPSA) is 64.3 Å². The molecule has 1 aromatic carbocycles. The van der Waals surface area contributed by atoms with Crippen LogP contribution in [0.4, 0.5) is 0 Å². The van der Waals surface area contributed by atoms with E-state index in [2.05, 4.69) is 12.2 Å². The minimum absolute atomic E-state index is 0.0607. The van der Waals surface area contributed by atoms with Crippen LogP contribution in [0.1, 0.15) is 25.3 Å². The minimum atomic E-state index is 0.0607. The Bertz CT molecular complexity index is 376. The maximum atomic E-state index is 11.7. The summed E-state index contributed by atoms with van der Waals surface area (Å²) in [4.78, 5) is 11.7. The van der Waals surface area contributed by atoms with Crippen LogP contribution in [0, 0.1) is 5.92 Å². The van der Waals surface area contributed by atoms with E-state index in [1.54, 1.807) is 7.11 Å². The SMILES string of the molecule is COc1ccc(CC(=O)NCCCC(C)CN)cc1. The zero-order chi connectivity index (χ0) is 14.1. The lowest BCUT2D eigenvalue weighted by atomic mass is 10.1. The van der Waals surface area contributed by atoms with E-state index in [1.165, 1.54) is 0 Å². The van der Waals surface area contributed by atoms with Gasteiger partial charge in [-0.3, -0.25) is 4.79 Å². The highest BCUT2D eigenvalue weighted by molar-refractivity contribution is 5.78. The normalized spacial score (nSPS) is 11.9. The fourth-order valence-electron chi connectivity index (χ4n) is 1.79. The van der Waals surface area contributed by atoms with E-state index in [1.807, 2.05) is 24.3 Å². The molecule has 0 saturated carbocycles. The zero-order valence-corrected chi connectivity index (χ0v) is 11.8. The van der Waals surface area contributed by atoms with Gasteiger partial charge >= 0.3 is 0 Å². The molecular weight excluding hydrogens is 240 g/mol. The first-order valence-corrected chi connectivity index (χ1v) is 6.75. The summed E-state index contributed by atoms with van der Waals surface area (Å²) in [6.07, 6.45) is 2.45. The molecular formula is C15H24N2O2. The molecule has 1 amide bonds. The van der Waals surface area contributed by atoms with E-state index in [4.69, 9.17) is 10.5 Å². The van der Waals surface area contributed by atoms with Crippen molar-refractivity contribution in [1.29, 1.82) is 0 Å². The average molecular weight is 264 g/mol. The van der Waals surface area contributed by atoms with Gasteiger partial charge in [0.05, 0.1) is 13.5 Å². The monoisotopic (exact) mass is 264 g/mol. The second-order valence-electron chi connectivity index (χ2n) is 4.86. The predicted octanol–water partition coefficient (Wildman–Crippen LogP) is 1.73. The summed E-state index contributed by atoms with van der Waals surface area (Å²) in [7, 11) is 1.63. The van der Waals surface area contributed by atoms with Gasteiger partial charge in [-0.25, -0.2) is 0 Å². The van der Waals surface area contributed by atoms with Crippen LogP contribution in [-0.4, -0.2) is 26.1 Å². The van der Waals surface area contributed by atoms with Gasteiger partial charge in [0.2, 0.25) is 5.91 Å².